The van der Waals surface area contributed by atoms with Crippen molar-refractivity contribution in [2.45, 2.75) is 19.3 Å². The second-order valence-electron chi connectivity index (χ2n) is 7.35. The monoisotopic (exact) mass is 369 g/mol. The van der Waals surface area contributed by atoms with Crippen molar-refractivity contribution in [2.24, 2.45) is 0 Å². The lowest BCUT2D eigenvalue weighted by atomic mass is 10.0. The highest BCUT2D eigenvalue weighted by Gasteiger charge is 2.41. The lowest BCUT2D eigenvalue weighted by Crippen LogP contribution is -2.40. The van der Waals surface area contributed by atoms with Crippen LogP contribution in [-0.4, -0.2) is 79.0 Å². The number of rotatable bonds is 6. The van der Waals surface area contributed by atoms with E-state index in [2.05, 4.69) is 9.80 Å². The van der Waals surface area contributed by atoms with Crippen molar-refractivity contribution in [3.63, 3.8) is 0 Å². The molecular weight excluding hydrogens is 342 g/mol. The number of carbonyl (C=O) groups is 2. The molecule has 0 atom stereocenters. The van der Waals surface area contributed by atoms with Gasteiger partial charge in [0.2, 0.25) is 0 Å². The highest BCUT2D eigenvalue weighted by molar-refractivity contribution is 6.35. The summed E-state index contributed by atoms with van der Waals surface area (Å²) in [4.78, 5) is 32.2. The van der Waals surface area contributed by atoms with E-state index >= 15 is 0 Å². The van der Waals surface area contributed by atoms with Gasteiger partial charge in [0.15, 0.2) is 0 Å². The summed E-state index contributed by atoms with van der Waals surface area (Å²) in [5, 5.41) is 0. The van der Waals surface area contributed by atoms with Gasteiger partial charge < -0.3 is 9.64 Å². The van der Waals surface area contributed by atoms with E-state index in [4.69, 9.17) is 4.74 Å². The van der Waals surface area contributed by atoms with Crippen LogP contribution >= 0.6 is 0 Å². The molecule has 4 rings (SSSR count). The Morgan fingerprint density at radius 2 is 1.56 bits per heavy atom. The van der Waals surface area contributed by atoms with Crippen LogP contribution in [0.15, 0.2) is 36.0 Å². The zero-order valence-corrected chi connectivity index (χ0v) is 15.7. The van der Waals surface area contributed by atoms with Crippen molar-refractivity contribution in [2.75, 3.05) is 52.5 Å². The minimum atomic E-state index is -0.143. The van der Waals surface area contributed by atoms with Gasteiger partial charge in [-0.15, -0.1) is 0 Å². The third-order valence-electron chi connectivity index (χ3n) is 5.59. The third-order valence-corrected chi connectivity index (χ3v) is 5.59. The summed E-state index contributed by atoms with van der Waals surface area (Å²) in [7, 11) is 0. The number of carbonyl (C=O) groups excluding carboxylic acids is 2. The fourth-order valence-electron chi connectivity index (χ4n) is 4.14. The second-order valence-corrected chi connectivity index (χ2v) is 7.35. The Morgan fingerprint density at radius 1 is 0.852 bits per heavy atom. The predicted molar refractivity (Wildman–Crippen MR) is 103 cm³/mol. The fraction of sp³-hybridized carbons (Fsp3) is 0.524. The number of morpholine rings is 1. The normalized spacial score (nSPS) is 21.6. The summed E-state index contributed by atoms with van der Waals surface area (Å²) in [5.41, 5.74) is 2.03. The molecule has 6 nitrogen and oxygen atoms in total. The second kappa shape index (κ2) is 8.23. The number of amides is 2. The van der Waals surface area contributed by atoms with E-state index in [0.717, 1.165) is 70.8 Å². The van der Waals surface area contributed by atoms with Crippen molar-refractivity contribution >= 4 is 17.4 Å². The number of likely N-dealkylation sites (tertiary alicyclic amines) is 1. The van der Waals surface area contributed by atoms with Crippen LogP contribution in [0.4, 0.5) is 0 Å². The molecule has 1 aromatic rings. The molecule has 0 unspecified atom stereocenters. The van der Waals surface area contributed by atoms with Crippen LogP contribution in [0.3, 0.4) is 0 Å². The van der Waals surface area contributed by atoms with E-state index < -0.39 is 0 Å². The first kappa shape index (κ1) is 18.2. The fourth-order valence-corrected chi connectivity index (χ4v) is 4.14. The molecule has 0 saturated carbocycles. The quantitative estimate of drug-likeness (QED) is 0.713. The number of imide groups is 1. The molecule has 3 aliphatic heterocycles. The zero-order valence-electron chi connectivity index (χ0n) is 15.7. The Hall–Kier alpha value is -2.18. The predicted octanol–water partition coefficient (Wildman–Crippen LogP) is 1.58. The van der Waals surface area contributed by atoms with Crippen molar-refractivity contribution in [3.8, 4) is 0 Å². The topological polar surface area (TPSA) is 53.1 Å². The molecule has 3 aliphatic rings. The SMILES string of the molecule is O=C1C(c2ccccc2)=C(N2CCCC2)C(=O)N1CCCN1CCOCC1. The van der Waals surface area contributed by atoms with Crippen LogP contribution in [0.1, 0.15) is 24.8 Å². The highest BCUT2D eigenvalue weighted by atomic mass is 16.5. The molecular formula is C21H27N3O3. The van der Waals surface area contributed by atoms with Crippen LogP contribution in [-0.2, 0) is 14.3 Å². The van der Waals surface area contributed by atoms with Gasteiger partial charge in [-0.25, -0.2) is 0 Å². The molecule has 2 saturated heterocycles. The molecule has 2 fully saturated rings. The van der Waals surface area contributed by atoms with Crippen molar-refractivity contribution in [3.05, 3.63) is 41.6 Å². The van der Waals surface area contributed by atoms with E-state index in [9.17, 15) is 9.59 Å². The van der Waals surface area contributed by atoms with Gasteiger partial charge in [0, 0.05) is 39.3 Å². The average Bonchev–Trinajstić information content (AvgIpc) is 3.31. The summed E-state index contributed by atoms with van der Waals surface area (Å²) < 4.78 is 5.38. The molecule has 1 aromatic carbocycles. The maximum atomic E-state index is 13.2. The van der Waals surface area contributed by atoms with Gasteiger partial charge >= 0.3 is 0 Å². The van der Waals surface area contributed by atoms with Gasteiger partial charge in [-0.05, 0) is 24.8 Å². The van der Waals surface area contributed by atoms with E-state index in [1.165, 1.54) is 4.90 Å². The smallest absolute Gasteiger partial charge is 0.277 e. The summed E-state index contributed by atoms with van der Waals surface area (Å²) in [6, 6.07) is 9.62. The molecule has 0 radical (unpaired) electrons. The molecule has 0 aromatic heterocycles. The Bertz CT molecular complexity index is 719. The number of hydrogen-bond donors (Lipinski definition) is 0. The molecule has 2 amide bonds. The molecule has 144 valence electrons. The van der Waals surface area contributed by atoms with Crippen LogP contribution < -0.4 is 0 Å². The number of benzene rings is 1. The van der Waals surface area contributed by atoms with Crippen LogP contribution in [0.25, 0.3) is 5.57 Å². The Balaban J connectivity index is 1.50. The van der Waals surface area contributed by atoms with Crippen LogP contribution in [0, 0.1) is 0 Å². The van der Waals surface area contributed by atoms with E-state index in [-0.39, 0.29) is 11.8 Å². The van der Waals surface area contributed by atoms with Gasteiger partial charge in [0.05, 0.1) is 18.8 Å². The maximum absolute atomic E-state index is 13.2. The van der Waals surface area contributed by atoms with E-state index in [1.54, 1.807) is 0 Å². The highest BCUT2D eigenvalue weighted by Crippen LogP contribution is 2.33. The summed E-state index contributed by atoms with van der Waals surface area (Å²) in [6.07, 6.45) is 2.95. The number of nitrogens with zero attached hydrogens (tertiary/aromatic N) is 3. The molecule has 0 N–H and O–H groups in total. The largest absolute Gasteiger partial charge is 0.379 e. The Labute approximate surface area is 160 Å². The van der Waals surface area contributed by atoms with Crippen LogP contribution in [0.5, 0.6) is 0 Å². The lowest BCUT2D eigenvalue weighted by molar-refractivity contribution is -0.137. The molecule has 0 bridgehead atoms. The van der Waals surface area contributed by atoms with Crippen LogP contribution in [0.2, 0.25) is 0 Å². The average molecular weight is 369 g/mol. The van der Waals surface area contributed by atoms with Crippen molar-refractivity contribution in [1.29, 1.82) is 0 Å². The minimum absolute atomic E-state index is 0.122. The van der Waals surface area contributed by atoms with Crippen molar-refractivity contribution < 1.29 is 14.3 Å². The molecule has 27 heavy (non-hydrogen) atoms. The standard InChI is InChI=1S/C21H27N3O3/c25-20-18(17-7-2-1-3-8-17)19(23-10-4-5-11-23)21(26)24(20)12-6-9-22-13-15-27-16-14-22/h1-3,7-8H,4-6,9-16H2. The van der Waals surface area contributed by atoms with E-state index in [1.807, 2.05) is 30.3 Å². The molecule has 6 heteroatoms. The number of ether oxygens (including phenoxy) is 1. The van der Waals surface area contributed by atoms with Gasteiger partial charge in [-0.1, -0.05) is 30.3 Å². The molecule has 3 heterocycles. The third kappa shape index (κ3) is 3.77. The van der Waals surface area contributed by atoms with Gasteiger partial charge in [0.1, 0.15) is 5.70 Å². The summed E-state index contributed by atoms with van der Waals surface area (Å²) in [5.74, 6) is -0.266. The Morgan fingerprint density at radius 3 is 2.26 bits per heavy atom. The minimum Gasteiger partial charge on any atom is -0.379 e. The first-order valence-corrected chi connectivity index (χ1v) is 9.96. The van der Waals surface area contributed by atoms with Gasteiger partial charge in [0.25, 0.3) is 11.8 Å². The molecule has 0 spiro atoms. The summed E-state index contributed by atoms with van der Waals surface area (Å²) in [6.45, 7) is 6.45. The van der Waals surface area contributed by atoms with Gasteiger partial charge in [-0.3, -0.25) is 19.4 Å². The molecule has 0 aliphatic carbocycles. The lowest BCUT2D eigenvalue weighted by Gasteiger charge is -2.27. The van der Waals surface area contributed by atoms with Gasteiger partial charge in [-0.2, -0.15) is 0 Å². The van der Waals surface area contributed by atoms with Crippen molar-refractivity contribution in [1.82, 2.24) is 14.7 Å². The Kier molecular flexibility index (Phi) is 5.55. The summed E-state index contributed by atoms with van der Waals surface area (Å²) >= 11 is 0. The number of hydrogen-bond acceptors (Lipinski definition) is 5. The maximum Gasteiger partial charge on any atom is 0.277 e. The van der Waals surface area contributed by atoms with E-state index in [0.29, 0.717) is 17.8 Å². The zero-order chi connectivity index (χ0) is 18.6. The first-order valence-electron chi connectivity index (χ1n) is 9.96. The first-order chi connectivity index (χ1) is 13.3.